The molecule has 0 aliphatic carbocycles. The summed E-state index contributed by atoms with van der Waals surface area (Å²) in [5, 5.41) is 3.45. The molecule has 0 bridgehead atoms. The van der Waals surface area contributed by atoms with Crippen molar-refractivity contribution in [3.63, 3.8) is 0 Å². The van der Waals surface area contributed by atoms with Crippen molar-refractivity contribution in [2.75, 3.05) is 38.6 Å². The van der Waals surface area contributed by atoms with Crippen LogP contribution in [0.2, 0.25) is 5.02 Å². The molecule has 0 saturated carbocycles. The molecule has 3 rings (SSSR count). The largest absolute Gasteiger partial charge is 0.497 e. The summed E-state index contributed by atoms with van der Waals surface area (Å²) in [5.74, 6) is 0.635. The molecule has 0 aromatic heterocycles. The minimum absolute atomic E-state index is 0.0467. The Labute approximate surface area is 157 Å². The summed E-state index contributed by atoms with van der Waals surface area (Å²) in [7, 11) is 1.58. The molecule has 2 aromatic carbocycles. The lowest BCUT2D eigenvalue weighted by molar-refractivity contribution is 0.0671. The van der Waals surface area contributed by atoms with Gasteiger partial charge in [-0.25, -0.2) is 4.79 Å². The van der Waals surface area contributed by atoms with Crippen molar-refractivity contribution >= 4 is 29.2 Å². The second-order valence-corrected chi connectivity index (χ2v) is 6.38. The average Bonchev–Trinajstić information content (AvgIpc) is 2.68. The third-order valence-electron chi connectivity index (χ3n) is 4.27. The fourth-order valence-corrected chi connectivity index (χ4v) is 2.92. The van der Waals surface area contributed by atoms with E-state index in [-0.39, 0.29) is 11.9 Å². The molecular weight excluding hydrogens is 354 g/mol. The molecule has 1 heterocycles. The fraction of sp³-hybridized carbons (Fsp3) is 0.263. The molecule has 2 aromatic rings. The van der Waals surface area contributed by atoms with Gasteiger partial charge >= 0.3 is 6.03 Å². The van der Waals surface area contributed by atoms with Crippen LogP contribution < -0.4 is 10.1 Å². The highest BCUT2D eigenvalue weighted by Crippen LogP contribution is 2.18. The third-order valence-corrected chi connectivity index (χ3v) is 4.52. The molecular formula is C19H20ClN3O3. The monoisotopic (exact) mass is 373 g/mol. The molecule has 6 nitrogen and oxygen atoms in total. The molecule has 0 spiro atoms. The summed E-state index contributed by atoms with van der Waals surface area (Å²) in [6.07, 6.45) is 0. The number of hydrogen-bond donors (Lipinski definition) is 1. The van der Waals surface area contributed by atoms with E-state index in [0.717, 1.165) is 0 Å². The number of carbonyl (C=O) groups excluding carboxylic acids is 2. The smallest absolute Gasteiger partial charge is 0.321 e. The molecule has 1 fully saturated rings. The summed E-state index contributed by atoms with van der Waals surface area (Å²) in [6, 6.07) is 13.8. The van der Waals surface area contributed by atoms with Crippen LogP contribution in [0.25, 0.3) is 0 Å². The predicted octanol–water partition coefficient (Wildman–Crippen LogP) is 3.34. The molecule has 0 radical (unpaired) electrons. The SMILES string of the molecule is COc1cccc(NC(=O)N2CCN(C(=O)c3ccc(Cl)cc3)CC2)c1. The maximum atomic E-state index is 12.5. The lowest BCUT2D eigenvalue weighted by Crippen LogP contribution is -2.51. The van der Waals surface area contributed by atoms with Crippen molar-refractivity contribution < 1.29 is 14.3 Å². The minimum Gasteiger partial charge on any atom is -0.497 e. The highest BCUT2D eigenvalue weighted by molar-refractivity contribution is 6.30. The number of benzene rings is 2. The van der Waals surface area contributed by atoms with Gasteiger partial charge in [-0.2, -0.15) is 0 Å². The quantitative estimate of drug-likeness (QED) is 0.897. The van der Waals surface area contributed by atoms with Crippen molar-refractivity contribution in [2.45, 2.75) is 0 Å². The average molecular weight is 374 g/mol. The topological polar surface area (TPSA) is 61.9 Å². The molecule has 1 N–H and O–H groups in total. The number of carbonyl (C=O) groups is 2. The van der Waals surface area contributed by atoms with Crippen LogP contribution in [0.15, 0.2) is 48.5 Å². The number of piperazine rings is 1. The number of nitrogens with one attached hydrogen (secondary N) is 1. The highest BCUT2D eigenvalue weighted by Gasteiger charge is 2.24. The first-order valence-electron chi connectivity index (χ1n) is 8.31. The molecule has 1 aliphatic heterocycles. The van der Waals surface area contributed by atoms with Gasteiger partial charge in [-0.15, -0.1) is 0 Å². The molecule has 3 amide bonds. The number of hydrogen-bond acceptors (Lipinski definition) is 3. The highest BCUT2D eigenvalue weighted by atomic mass is 35.5. The maximum absolute atomic E-state index is 12.5. The van der Waals surface area contributed by atoms with Gasteiger partial charge in [-0.05, 0) is 36.4 Å². The Balaban J connectivity index is 1.55. The van der Waals surface area contributed by atoms with E-state index in [2.05, 4.69) is 5.32 Å². The van der Waals surface area contributed by atoms with E-state index in [4.69, 9.17) is 16.3 Å². The standard InChI is InChI=1S/C19H20ClN3O3/c1-26-17-4-2-3-16(13-17)21-19(25)23-11-9-22(10-12-23)18(24)14-5-7-15(20)8-6-14/h2-8,13H,9-12H2,1H3,(H,21,25). The van der Waals surface area contributed by atoms with Gasteiger partial charge in [0.2, 0.25) is 0 Å². The summed E-state index contributed by atoms with van der Waals surface area (Å²) < 4.78 is 5.15. The van der Waals surface area contributed by atoms with Crippen molar-refractivity contribution in [2.24, 2.45) is 0 Å². The van der Waals surface area contributed by atoms with Crippen LogP contribution in [-0.4, -0.2) is 55.0 Å². The lowest BCUT2D eigenvalue weighted by Gasteiger charge is -2.34. The zero-order valence-electron chi connectivity index (χ0n) is 14.4. The van der Waals surface area contributed by atoms with Crippen LogP contribution >= 0.6 is 11.6 Å². The normalized spacial score (nSPS) is 14.1. The number of anilines is 1. The van der Waals surface area contributed by atoms with Crippen LogP contribution in [-0.2, 0) is 0 Å². The first-order valence-corrected chi connectivity index (χ1v) is 8.69. The van der Waals surface area contributed by atoms with Crippen LogP contribution in [0, 0.1) is 0 Å². The van der Waals surface area contributed by atoms with Crippen LogP contribution in [0.3, 0.4) is 0 Å². The zero-order valence-corrected chi connectivity index (χ0v) is 15.2. The van der Waals surface area contributed by atoms with E-state index in [9.17, 15) is 9.59 Å². The fourth-order valence-electron chi connectivity index (χ4n) is 2.79. The van der Waals surface area contributed by atoms with Crippen molar-refractivity contribution in [3.8, 4) is 5.75 Å². The second kappa shape index (κ2) is 8.10. The number of urea groups is 1. The number of nitrogens with zero attached hydrogens (tertiary/aromatic N) is 2. The second-order valence-electron chi connectivity index (χ2n) is 5.95. The van der Waals surface area contributed by atoms with Crippen LogP contribution in [0.1, 0.15) is 10.4 Å². The van der Waals surface area contributed by atoms with Crippen LogP contribution in [0.5, 0.6) is 5.75 Å². The number of amides is 3. The Hall–Kier alpha value is -2.73. The van der Waals surface area contributed by atoms with E-state index in [0.29, 0.717) is 48.2 Å². The summed E-state index contributed by atoms with van der Waals surface area (Å²) >= 11 is 5.86. The maximum Gasteiger partial charge on any atom is 0.321 e. The first-order chi connectivity index (χ1) is 12.6. The van der Waals surface area contributed by atoms with Gasteiger partial charge in [0, 0.05) is 48.5 Å². The number of ether oxygens (including phenoxy) is 1. The molecule has 136 valence electrons. The van der Waals surface area contributed by atoms with Gasteiger partial charge in [0.1, 0.15) is 5.75 Å². The van der Waals surface area contributed by atoms with E-state index >= 15 is 0 Å². The van der Waals surface area contributed by atoms with Gasteiger partial charge in [0.05, 0.1) is 7.11 Å². The third kappa shape index (κ3) is 4.26. The van der Waals surface area contributed by atoms with Crippen LogP contribution in [0.4, 0.5) is 10.5 Å². The summed E-state index contributed by atoms with van der Waals surface area (Å²) in [4.78, 5) is 28.4. The number of halogens is 1. The van der Waals surface area contributed by atoms with E-state index in [1.54, 1.807) is 53.3 Å². The van der Waals surface area contributed by atoms with Gasteiger partial charge in [0.15, 0.2) is 0 Å². The molecule has 26 heavy (non-hydrogen) atoms. The Kier molecular flexibility index (Phi) is 5.63. The van der Waals surface area contributed by atoms with Gasteiger partial charge in [-0.1, -0.05) is 17.7 Å². The predicted molar refractivity (Wildman–Crippen MR) is 101 cm³/mol. The number of methoxy groups -OCH3 is 1. The van der Waals surface area contributed by atoms with Gasteiger partial charge in [0.25, 0.3) is 5.91 Å². The Morgan fingerprint density at radius 2 is 1.65 bits per heavy atom. The molecule has 1 aliphatic rings. The number of rotatable bonds is 3. The molecule has 0 unspecified atom stereocenters. The molecule has 1 saturated heterocycles. The van der Waals surface area contributed by atoms with E-state index in [1.165, 1.54) is 0 Å². The van der Waals surface area contributed by atoms with E-state index in [1.807, 2.05) is 12.1 Å². The summed E-state index contributed by atoms with van der Waals surface area (Å²) in [6.45, 7) is 1.95. The molecule has 0 atom stereocenters. The van der Waals surface area contributed by atoms with Crippen molar-refractivity contribution in [1.29, 1.82) is 0 Å². The molecule has 7 heteroatoms. The Morgan fingerprint density at radius 1 is 1.00 bits per heavy atom. The Morgan fingerprint density at radius 3 is 2.31 bits per heavy atom. The minimum atomic E-state index is -0.183. The zero-order chi connectivity index (χ0) is 18.5. The van der Waals surface area contributed by atoms with E-state index < -0.39 is 0 Å². The summed E-state index contributed by atoms with van der Waals surface area (Å²) in [5.41, 5.74) is 1.28. The lowest BCUT2D eigenvalue weighted by atomic mass is 10.2. The first kappa shape index (κ1) is 18.1. The van der Waals surface area contributed by atoms with Gasteiger partial charge in [-0.3, -0.25) is 4.79 Å². The van der Waals surface area contributed by atoms with Gasteiger partial charge < -0.3 is 19.9 Å². The Bertz CT molecular complexity index is 787. The van der Waals surface area contributed by atoms with Crippen molar-refractivity contribution in [1.82, 2.24) is 9.80 Å². The van der Waals surface area contributed by atoms with Crippen molar-refractivity contribution in [3.05, 3.63) is 59.1 Å².